The fraction of sp³-hybridized carbons (Fsp3) is 0.684. The van der Waals surface area contributed by atoms with Crippen LogP contribution in [0.3, 0.4) is 0 Å². The number of benzene rings is 1. The molecular formula is C19H29F3. The normalized spacial score (nSPS) is 21.8. The highest BCUT2D eigenvalue weighted by Gasteiger charge is 2.19. The third-order valence-corrected chi connectivity index (χ3v) is 4.71. The van der Waals surface area contributed by atoms with Crippen molar-refractivity contribution in [3.63, 3.8) is 0 Å². The molecule has 0 aromatic heterocycles. The second-order valence-electron chi connectivity index (χ2n) is 6.29. The van der Waals surface area contributed by atoms with Crippen molar-refractivity contribution < 1.29 is 13.2 Å². The number of hydrogen-bond donors (Lipinski definition) is 0. The van der Waals surface area contributed by atoms with Crippen LogP contribution in [0.5, 0.6) is 0 Å². The molecule has 2 atom stereocenters. The molecule has 2 unspecified atom stereocenters. The van der Waals surface area contributed by atoms with Crippen LogP contribution in [-0.4, -0.2) is 0 Å². The van der Waals surface area contributed by atoms with Gasteiger partial charge in [-0.15, -0.1) is 0 Å². The fourth-order valence-electron chi connectivity index (χ4n) is 3.21. The fourth-order valence-corrected chi connectivity index (χ4v) is 3.21. The lowest BCUT2D eigenvalue weighted by molar-refractivity contribution is 0.413. The Morgan fingerprint density at radius 3 is 2.36 bits per heavy atom. The standard InChI is InChI=1S/C17H23F3.C2H6/c1-11-4-3-5-13(7-6-11)8-9-14-10-15(18)17(20)16(19)12(14)2;1-2/h10-11,13H,3-9H2,1-2H3;1-2H3. The molecule has 0 amide bonds. The van der Waals surface area contributed by atoms with Crippen LogP contribution in [-0.2, 0) is 6.42 Å². The van der Waals surface area contributed by atoms with Gasteiger partial charge in [-0.2, -0.15) is 0 Å². The third kappa shape index (κ3) is 5.03. The molecule has 0 N–H and O–H groups in total. The molecule has 126 valence electrons. The van der Waals surface area contributed by atoms with Crippen LogP contribution < -0.4 is 0 Å². The molecule has 0 saturated heterocycles. The van der Waals surface area contributed by atoms with Gasteiger partial charge in [0.1, 0.15) is 0 Å². The zero-order valence-corrected chi connectivity index (χ0v) is 14.3. The van der Waals surface area contributed by atoms with Gasteiger partial charge in [0.15, 0.2) is 17.5 Å². The molecule has 0 bridgehead atoms. The first-order valence-corrected chi connectivity index (χ1v) is 8.62. The summed E-state index contributed by atoms with van der Waals surface area (Å²) in [6, 6.07) is 1.16. The molecule has 1 fully saturated rings. The lowest BCUT2D eigenvalue weighted by Crippen LogP contribution is -2.05. The number of rotatable bonds is 3. The number of hydrogen-bond acceptors (Lipinski definition) is 0. The highest BCUT2D eigenvalue weighted by molar-refractivity contribution is 5.29. The summed E-state index contributed by atoms with van der Waals surface area (Å²) in [5.41, 5.74) is 0.865. The summed E-state index contributed by atoms with van der Waals surface area (Å²) in [4.78, 5) is 0. The Kier molecular flexibility index (Phi) is 7.98. The Balaban J connectivity index is 0.00000116. The second-order valence-corrected chi connectivity index (χ2v) is 6.29. The quantitative estimate of drug-likeness (QED) is 0.436. The maximum absolute atomic E-state index is 13.5. The zero-order valence-electron chi connectivity index (χ0n) is 14.3. The molecule has 1 aromatic carbocycles. The maximum Gasteiger partial charge on any atom is 0.194 e. The van der Waals surface area contributed by atoms with Crippen LogP contribution in [0.1, 0.15) is 70.4 Å². The van der Waals surface area contributed by atoms with E-state index in [0.29, 0.717) is 17.9 Å². The van der Waals surface area contributed by atoms with E-state index < -0.39 is 17.5 Å². The van der Waals surface area contributed by atoms with Gasteiger partial charge in [0.05, 0.1) is 0 Å². The molecule has 0 aliphatic heterocycles. The van der Waals surface area contributed by atoms with Crippen molar-refractivity contribution in [1.29, 1.82) is 0 Å². The molecule has 0 spiro atoms. The summed E-state index contributed by atoms with van der Waals surface area (Å²) in [6.45, 7) is 7.82. The number of halogens is 3. The highest BCUT2D eigenvalue weighted by Crippen LogP contribution is 2.30. The Bertz CT molecular complexity index is 468. The number of aryl methyl sites for hydroxylation is 1. The van der Waals surface area contributed by atoms with Crippen molar-refractivity contribution in [1.82, 2.24) is 0 Å². The maximum atomic E-state index is 13.5. The van der Waals surface area contributed by atoms with Gasteiger partial charge in [-0.3, -0.25) is 0 Å². The summed E-state index contributed by atoms with van der Waals surface area (Å²) in [5, 5.41) is 0. The SMILES string of the molecule is CC.Cc1c(CCC2CCCC(C)CC2)cc(F)c(F)c1F. The van der Waals surface area contributed by atoms with Crippen molar-refractivity contribution >= 4 is 0 Å². The van der Waals surface area contributed by atoms with E-state index in [1.165, 1.54) is 39.0 Å². The molecule has 1 saturated carbocycles. The van der Waals surface area contributed by atoms with E-state index in [2.05, 4.69) is 6.92 Å². The zero-order chi connectivity index (χ0) is 16.7. The molecule has 3 heteroatoms. The summed E-state index contributed by atoms with van der Waals surface area (Å²) in [6.07, 6.45) is 7.76. The second kappa shape index (κ2) is 9.22. The first-order valence-electron chi connectivity index (χ1n) is 8.62. The molecular weight excluding hydrogens is 285 g/mol. The van der Waals surface area contributed by atoms with Gasteiger partial charge in [0, 0.05) is 0 Å². The van der Waals surface area contributed by atoms with Gasteiger partial charge < -0.3 is 0 Å². The van der Waals surface area contributed by atoms with E-state index in [-0.39, 0.29) is 5.56 Å². The van der Waals surface area contributed by atoms with Gasteiger partial charge in [-0.1, -0.05) is 52.9 Å². The van der Waals surface area contributed by atoms with Crippen LogP contribution in [0, 0.1) is 36.2 Å². The van der Waals surface area contributed by atoms with Crippen LogP contribution in [0.15, 0.2) is 6.07 Å². The topological polar surface area (TPSA) is 0 Å². The van der Waals surface area contributed by atoms with E-state index in [4.69, 9.17) is 0 Å². The summed E-state index contributed by atoms with van der Waals surface area (Å²) in [5.74, 6) is -2.03. The van der Waals surface area contributed by atoms with Crippen molar-refractivity contribution in [2.24, 2.45) is 11.8 Å². The molecule has 0 radical (unpaired) electrons. The van der Waals surface area contributed by atoms with Crippen LogP contribution in [0.4, 0.5) is 13.2 Å². The van der Waals surface area contributed by atoms with Gasteiger partial charge >= 0.3 is 0 Å². The van der Waals surface area contributed by atoms with Crippen LogP contribution in [0.2, 0.25) is 0 Å². The van der Waals surface area contributed by atoms with Crippen molar-refractivity contribution in [2.45, 2.75) is 72.6 Å². The minimum atomic E-state index is -1.35. The summed E-state index contributed by atoms with van der Waals surface area (Å²) >= 11 is 0. The largest absolute Gasteiger partial charge is 0.204 e. The monoisotopic (exact) mass is 314 g/mol. The first kappa shape index (κ1) is 19.1. The molecule has 0 heterocycles. The Morgan fingerprint density at radius 2 is 1.68 bits per heavy atom. The van der Waals surface area contributed by atoms with Crippen LogP contribution >= 0.6 is 0 Å². The van der Waals surface area contributed by atoms with E-state index in [0.717, 1.165) is 18.4 Å². The summed E-state index contributed by atoms with van der Waals surface area (Å²) < 4.78 is 39.9. The molecule has 0 nitrogen and oxygen atoms in total. The van der Waals surface area contributed by atoms with Crippen molar-refractivity contribution in [3.05, 3.63) is 34.6 Å². The van der Waals surface area contributed by atoms with Crippen LogP contribution in [0.25, 0.3) is 0 Å². The molecule has 1 aliphatic carbocycles. The van der Waals surface area contributed by atoms with Gasteiger partial charge in [0.2, 0.25) is 0 Å². The molecule has 22 heavy (non-hydrogen) atoms. The minimum Gasteiger partial charge on any atom is -0.204 e. The lowest BCUT2D eigenvalue weighted by atomic mass is 9.91. The Hall–Kier alpha value is -0.990. The predicted octanol–water partition coefficient (Wildman–Crippen LogP) is 6.59. The summed E-state index contributed by atoms with van der Waals surface area (Å²) in [7, 11) is 0. The average molecular weight is 314 g/mol. The smallest absolute Gasteiger partial charge is 0.194 e. The minimum absolute atomic E-state index is 0.255. The van der Waals surface area contributed by atoms with Gasteiger partial charge in [-0.05, 0) is 48.8 Å². The van der Waals surface area contributed by atoms with E-state index in [1.807, 2.05) is 13.8 Å². The highest BCUT2D eigenvalue weighted by atomic mass is 19.2. The molecule has 1 aromatic rings. The Labute approximate surface area is 133 Å². The van der Waals surface area contributed by atoms with E-state index in [9.17, 15) is 13.2 Å². The van der Waals surface area contributed by atoms with Crippen molar-refractivity contribution in [2.75, 3.05) is 0 Å². The first-order chi connectivity index (χ1) is 10.5. The predicted molar refractivity (Wildman–Crippen MR) is 86.5 cm³/mol. The van der Waals surface area contributed by atoms with E-state index in [1.54, 1.807) is 0 Å². The Morgan fingerprint density at radius 1 is 1.00 bits per heavy atom. The average Bonchev–Trinajstić information content (AvgIpc) is 2.74. The van der Waals surface area contributed by atoms with E-state index >= 15 is 0 Å². The van der Waals surface area contributed by atoms with Crippen molar-refractivity contribution in [3.8, 4) is 0 Å². The lowest BCUT2D eigenvalue weighted by Gasteiger charge is -2.15. The van der Waals surface area contributed by atoms with Gasteiger partial charge in [-0.25, -0.2) is 13.2 Å². The van der Waals surface area contributed by atoms with Gasteiger partial charge in [0.25, 0.3) is 0 Å². The molecule has 2 rings (SSSR count). The molecule has 1 aliphatic rings. The third-order valence-electron chi connectivity index (χ3n) is 4.71.